The summed E-state index contributed by atoms with van der Waals surface area (Å²) in [5, 5.41) is 2.90. The molecule has 1 N–H and O–H groups in total. The molecule has 0 fully saturated rings. The highest BCUT2D eigenvalue weighted by Gasteiger charge is 2.15. The molecule has 0 saturated heterocycles. The van der Waals surface area contributed by atoms with Crippen molar-refractivity contribution < 1.29 is 9.53 Å². The van der Waals surface area contributed by atoms with E-state index in [1.54, 1.807) is 6.92 Å². The summed E-state index contributed by atoms with van der Waals surface area (Å²) in [7, 11) is 0. The first-order valence-electron chi connectivity index (χ1n) is 6.92. The minimum Gasteiger partial charge on any atom is -0.481 e. The fourth-order valence-corrected chi connectivity index (χ4v) is 1.72. The van der Waals surface area contributed by atoms with Crippen LogP contribution in [-0.4, -0.2) is 18.6 Å². The Balaban J connectivity index is 2.52. The Bertz CT molecular complexity index is 427. The van der Waals surface area contributed by atoms with E-state index in [0.717, 1.165) is 17.7 Å². The van der Waals surface area contributed by atoms with Crippen LogP contribution in [0, 0.1) is 19.8 Å². The van der Waals surface area contributed by atoms with Crippen LogP contribution in [0.4, 0.5) is 0 Å². The molecule has 0 heterocycles. The Labute approximate surface area is 116 Å². The molecule has 0 aliphatic heterocycles. The number of benzene rings is 1. The lowest BCUT2D eigenvalue weighted by Crippen LogP contribution is -2.37. The van der Waals surface area contributed by atoms with Crippen molar-refractivity contribution in [3.05, 3.63) is 29.3 Å². The van der Waals surface area contributed by atoms with Crippen molar-refractivity contribution in [2.45, 2.75) is 47.1 Å². The maximum Gasteiger partial charge on any atom is 0.260 e. The van der Waals surface area contributed by atoms with Gasteiger partial charge in [-0.15, -0.1) is 0 Å². The Morgan fingerprint density at radius 1 is 1.26 bits per heavy atom. The number of hydrogen-bond donors (Lipinski definition) is 1. The third-order valence-corrected chi connectivity index (χ3v) is 3.25. The zero-order valence-electron chi connectivity index (χ0n) is 12.6. The lowest BCUT2D eigenvalue weighted by Gasteiger charge is -2.17. The number of aryl methyl sites for hydroxylation is 1. The standard InChI is InChI=1S/C16H25NO2/c1-11(2)9-10-17-16(18)14(5)19-15-8-6-7-12(3)13(15)4/h6-8,11,14H,9-10H2,1-5H3,(H,17,18)/t14-/m0/s1. The van der Waals surface area contributed by atoms with Crippen molar-refractivity contribution in [2.24, 2.45) is 5.92 Å². The van der Waals surface area contributed by atoms with Crippen LogP contribution in [0.2, 0.25) is 0 Å². The summed E-state index contributed by atoms with van der Waals surface area (Å²) >= 11 is 0. The number of ether oxygens (including phenoxy) is 1. The number of carbonyl (C=O) groups is 1. The van der Waals surface area contributed by atoms with Crippen LogP contribution in [0.3, 0.4) is 0 Å². The second-order valence-corrected chi connectivity index (χ2v) is 5.43. The van der Waals surface area contributed by atoms with Gasteiger partial charge in [0.25, 0.3) is 5.91 Å². The topological polar surface area (TPSA) is 38.3 Å². The van der Waals surface area contributed by atoms with Gasteiger partial charge in [0.2, 0.25) is 0 Å². The molecule has 3 nitrogen and oxygen atoms in total. The monoisotopic (exact) mass is 263 g/mol. The molecule has 1 rings (SSSR count). The first-order chi connectivity index (χ1) is 8.91. The fourth-order valence-electron chi connectivity index (χ4n) is 1.72. The normalized spacial score (nSPS) is 12.3. The average molecular weight is 263 g/mol. The van der Waals surface area contributed by atoms with E-state index in [-0.39, 0.29) is 5.91 Å². The van der Waals surface area contributed by atoms with Crippen molar-refractivity contribution in [2.75, 3.05) is 6.54 Å². The van der Waals surface area contributed by atoms with E-state index in [4.69, 9.17) is 4.74 Å². The minimum atomic E-state index is -0.465. The highest BCUT2D eigenvalue weighted by atomic mass is 16.5. The highest BCUT2D eigenvalue weighted by Crippen LogP contribution is 2.21. The Hall–Kier alpha value is -1.51. The molecule has 0 unspecified atom stereocenters. The van der Waals surface area contributed by atoms with E-state index >= 15 is 0 Å². The fraction of sp³-hybridized carbons (Fsp3) is 0.562. The molecule has 1 aromatic rings. The summed E-state index contributed by atoms with van der Waals surface area (Å²) in [4.78, 5) is 11.9. The molecule has 0 aliphatic rings. The summed E-state index contributed by atoms with van der Waals surface area (Å²) in [6.07, 6.45) is 0.523. The molecule has 0 radical (unpaired) electrons. The van der Waals surface area contributed by atoms with Crippen LogP contribution in [-0.2, 0) is 4.79 Å². The van der Waals surface area contributed by atoms with Gasteiger partial charge in [-0.05, 0) is 50.3 Å². The van der Waals surface area contributed by atoms with Crippen molar-refractivity contribution in [3.8, 4) is 5.75 Å². The van der Waals surface area contributed by atoms with Gasteiger partial charge in [0.1, 0.15) is 5.75 Å². The predicted molar refractivity (Wildman–Crippen MR) is 78.5 cm³/mol. The summed E-state index contributed by atoms with van der Waals surface area (Å²) < 4.78 is 5.73. The maximum atomic E-state index is 11.9. The smallest absolute Gasteiger partial charge is 0.260 e. The van der Waals surface area contributed by atoms with Gasteiger partial charge in [-0.3, -0.25) is 4.79 Å². The molecule has 1 aromatic carbocycles. The van der Waals surface area contributed by atoms with Gasteiger partial charge in [0, 0.05) is 6.54 Å². The molecule has 106 valence electrons. The molecule has 0 saturated carbocycles. The van der Waals surface area contributed by atoms with Crippen LogP contribution in [0.15, 0.2) is 18.2 Å². The van der Waals surface area contributed by atoms with Gasteiger partial charge >= 0.3 is 0 Å². The molecule has 0 bridgehead atoms. The molecule has 1 atom stereocenters. The predicted octanol–water partition coefficient (Wildman–Crippen LogP) is 3.23. The second-order valence-electron chi connectivity index (χ2n) is 5.43. The van der Waals surface area contributed by atoms with E-state index in [0.29, 0.717) is 12.5 Å². The number of amides is 1. The maximum absolute atomic E-state index is 11.9. The van der Waals surface area contributed by atoms with E-state index < -0.39 is 6.10 Å². The summed E-state index contributed by atoms with van der Waals surface area (Å²) in [5.74, 6) is 1.32. The minimum absolute atomic E-state index is 0.0541. The van der Waals surface area contributed by atoms with E-state index in [1.165, 1.54) is 5.56 Å². The van der Waals surface area contributed by atoms with Gasteiger partial charge in [0.05, 0.1) is 0 Å². The Morgan fingerprint density at radius 2 is 1.95 bits per heavy atom. The third kappa shape index (κ3) is 4.93. The van der Waals surface area contributed by atoms with Crippen LogP contribution < -0.4 is 10.1 Å². The van der Waals surface area contributed by atoms with Crippen molar-refractivity contribution in [1.29, 1.82) is 0 Å². The SMILES string of the molecule is Cc1cccc(O[C@@H](C)C(=O)NCCC(C)C)c1C. The molecule has 1 amide bonds. The summed E-state index contributed by atoms with van der Waals surface area (Å²) in [5.41, 5.74) is 2.26. The van der Waals surface area contributed by atoms with E-state index in [9.17, 15) is 4.79 Å². The number of hydrogen-bond acceptors (Lipinski definition) is 2. The summed E-state index contributed by atoms with van der Waals surface area (Å²) in [6.45, 7) is 10.8. The molecule has 3 heteroatoms. The van der Waals surface area contributed by atoms with Crippen LogP contribution >= 0.6 is 0 Å². The molecule has 0 aliphatic carbocycles. The van der Waals surface area contributed by atoms with E-state index in [1.807, 2.05) is 32.0 Å². The second kappa shape index (κ2) is 7.17. The molecule has 0 aromatic heterocycles. The largest absolute Gasteiger partial charge is 0.481 e. The number of nitrogens with one attached hydrogen (secondary N) is 1. The molecular weight excluding hydrogens is 238 g/mol. The van der Waals surface area contributed by atoms with Gasteiger partial charge in [-0.1, -0.05) is 26.0 Å². The van der Waals surface area contributed by atoms with Crippen molar-refractivity contribution in [3.63, 3.8) is 0 Å². The third-order valence-electron chi connectivity index (χ3n) is 3.25. The molecular formula is C16H25NO2. The lowest BCUT2D eigenvalue weighted by molar-refractivity contribution is -0.127. The first kappa shape index (κ1) is 15.5. The van der Waals surface area contributed by atoms with Crippen LogP contribution in [0.25, 0.3) is 0 Å². The van der Waals surface area contributed by atoms with Crippen molar-refractivity contribution in [1.82, 2.24) is 5.32 Å². The highest BCUT2D eigenvalue weighted by molar-refractivity contribution is 5.80. The zero-order chi connectivity index (χ0) is 14.4. The van der Waals surface area contributed by atoms with Crippen LogP contribution in [0.1, 0.15) is 38.3 Å². The van der Waals surface area contributed by atoms with Crippen molar-refractivity contribution >= 4 is 5.91 Å². The Kier molecular flexibility index (Phi) is 5.87. The van der Waals surface area contributed by atoms with Gasteiger partial charge < -0.3 is 10.1 Å². The number of rotatable bonds is 6. The Morgan fingerprint density at radius 3 is 2.58 bits per heavy atom. The average Bonchev–Trinajstić information content (AvgIpc) is 2.34. The molecule has 19 heavy (non-hydrogen) atoms. The van der Waals surface area contributed by atoms with Crippen LogP contribution in [0.5, 0.6) is 5.75 Å². The van der Waals surface area contributed by atoms with Gasteiger partial charge in [-0.2, -0.15) is 0 Å². The first-order valence-corrected chi connectivity index (χ1v) is 6.92. The summed E-state index contributed by atoms with van der Waals surface area (Å²) in [6, 6.07) is 5.89. The lowest BCUT2D eigenvalue weighted by atomic mass is 10.1. The van der Waals surface area contributed by atoms with Gasteiger partial charge in [-0.25, -0.2) is 0 Å². The molecule has 0 spiro atoms. The quantitative estimate of drug-likeness (QED) is 0.855. The van der Waals surface area contributed by atoms with Gasteiger partial charge in [0.15, 0.2) is 6.10 Å². The van der Waals surface area contributed by atoms with E-state index in [2.05, 4.69) is 19.2 Å². The zero-order valence-corrected chi connectivity index (χ0v) is 12.6. The number of carbonyl (C=O) groups excluding carboxylic acids is 1.